The van der Waals surface area contributed by atoms with Gasteiger partial charge in [0.2, 0.25) is 11.8 Å². The van der Waals surface area contributed by atoms with Crippen LogP contribution in [0.4, 0.5) is 5.69 Å². The average molecular weight is 536 g/mol. The van der Waals surface area contributed by atoms with Crippen LogP contribution in [0, 0.1) is 6.92 Å². The molecule has 8 heteroatoms. The number of carbonyl (C=O) groups is 2. The summed E-state index contributed by atoms with van der Waals surface area (Å²) < 4.78 is 28.6. The molecule has 0 spiro atoms. The van der Waals surface area contributed by atoms with Crippen molar-refractivity contribution in [2.75, 3.05) is 23.9 Å². The molecule has 0 fully saturated rings. The first kappa shape index (κ1) is 28.9. The highest BCUT2D eigenvalue weighted by Gasteiger charge is 2.33. The fourth-order valence-corrected chi connectivity index (χ4v) is 5.66. The van der Waals surface area contributed by atoms with Crippen molar-refractivity contribution in [2.45, 2.75) is 51.0 Å². The van der Waals surface area contributed by atoms with E-state index in [0.717, 1.165) is 21.9 Å². The molecule has 1 atom stereocenters. The fourth-order valence-electron chi connectivity index (χ4n) is 4.22. The molecule has 0 aliphatic heterocycles. The lowest BCUT2D eigenvalue weighted by molar-refractivity contribution is -0.139. The van der Waals surface area contributed by atoms with E-state index in [1.165, 1.54) is 17.0 Å². The number of nitrogens with one attached hydrogen (secondary N) is 1. The number of carbonyl (C=O) groups excluding carboxylic acids is 2. The zero-order valence-corrected chi connectivity index (χ0v) is 23.2. The minimum absolute atomic E-state index is 0.0944. The molecule has 0 bridgehead atoms. The number of nitrogens with zero attached hydrogens (tertiary/aromatic N) is 2. The van der Waals surface area contributed by atoms with Gasteiger partial charge in [0, 0.05) is 13.1 Å². The van der Waals surface area contributed by atoms with Crippen LogP contribution in [0.5, 0.6) is 0 Å². The monoisotopic (exact) mass is 535 g/mol. The lowest BCUT2D eigenvalue weighted by Crippen LogP contribution is -2.53. The van der Waals surface area contributed by atoms with Gasteiger partial charge in [-0.05, 0) is 56.0 Å². The van der Waals surface area contributed by atoms with E-state index in [-0.39, 0.29) is 17.3 Å². The van der Waals surface area contributed by atoms with Crippen LogP contribution >= 0.6 is 0 Å². The van der Waals surface area contributed by atoms with Gasteiger partial charge in [-0.25, -0.2) is 8.42 Å². The number of aryl methyl sites for hydroxylation is 1. The van der Waals surface area contributed by atoms with Gasteiger partial charge in [0.25, 0.3) is 10.0 Å². The number of amides is 2. The van der Waals surface area contributed by atoms with Gasteiger partial charge in [-0.3, -0.25) is 13.9 Å². The number of hydrogen-bond donors (Lipinski definition) is 1. The van der Waals surface area contributed by atoms with Gasteiger partial charge in [-0.1, -0.05) is 80.1 Å². The van der Waals surface area contributed by atoms with Gasteiger partial charge < -0.3 is 10.2 Å². The van der Waals surface area contributed by atoms with Crippen molar-refractivity contribution in [3.63, 3.8) is 0 Å². The van der Waals surface area contributed by atoms with E-state index < -0.39 is 28.5 Å². The van der Waals surface area contributed by atoms with Gasteiger partial charge in [0.15, 0.2) is 0 Å². The maximum atomic E-state index is 13.9. The standard InChI is InChI=1S/C30H37N3O4S/c1-4-21-31-30(35)28(5-2)32(22-20-25-12-8-6-9-13-25)29(34)23-33(26-18-16-24(3)17-19-26)38(36,37)27-14-10-7-11-15-27/h6-19,28H,4-5,20-23H2,1-3H3,(H,31,35). The van der Waals surface area contributed by atoms with Crippen LogP contribution in [-0.4, -0.2) is 50.8 Å². The Morgan fingerprint density at radius 2 is 1.47 bits per heavy atom. The van der Waals surface area contributed by atoms with Crippen LogP contribution in [0.25, 0.3) is 0 Å². The molecule has 0 radical (unpaired) electrons. The average Bonchev–Trinajstić information content (AvgIpc) is 2.94. The van der Waals surface area contributed by atoms with Crippen LogP contribution in [0.15, 0.2) is 89.8 Å². The first-order chi connectivity index (χ1) is 18.3. The third-order valence-corrected chi connectivity index (χ3v) is 8.14. The minimum atomic E-state index is -4.04. The molecule has 3 aromatic rings. The fraction of sp³-hybridized carbons (Fsp3) is 0.333. The summed E-state index contributed by atoms with van der Waals surface area (Å²) in [7, 11) is -4.04. The van der Waals surface area contributed by atoms with Gasteiger partial charge in [-0.2, -0.15) is 0 Å². The predicted octanol–water partition coefficient (Wildman–Crippen LogP) is 4.57. The lowest BCUT2D eigenvalue weighted by atomic mass is 10.1. The molecule has 38 heavy (non-hydrogen) atoms. The van der Waals surface area contributed by atoms with Crippen molar-refractivity contribution in [1.82, 2.24) is 10.2 Å². The van der Waals surface area contributed by atoms with Crippen molar-refractivity contribution in [2.24, 2.45) is 0 Å². The predicted molar refractivity (Wildman–Crippen MR) is 151 cm³/mol. The number of anilines is 1. The van der Waals surface area contributed by atoms with E-state index in [9.17, 15) is 18.0 Å². The van der Waals surface area contributed by atoms with Gasteiger partial charge >= 0.3 is 0 Å². The number of benzene rings is 3. The van der Waals surface area contributed by atoms with Gasteiger partial charge in [0.1, 0.15) is 12.6 Å². The zero-order chi connectivity index (χ0) is 27.5. The molecular weight excluding hydrogens is 498 g/mol. The highest BCUT2D eigenvalue weighted by atomic mass is 32.2. The Kier molecular flexibility index (Phi) is 10.5. The van der Waals surface area contributed by atoms with Crippen molar-refractivity contribution >= 4 is 27.5 Å². The van der Waals surface area contributed by atoms with Crippen LogP contribution in [0.1, 0.15) is 37.8 Å². The Hall–Kier alpha value is -3.65. The Bertz CT molecular complexity index is 1280. The number of hydrogen-bond acceptors (Lipinski definition) is 4. The lowest BCUT2D eigenvalue weighted by Gasteiger charge is -2.33. The second-order valence-electron chi connectivity index (χ2n) is 9.20. The molecule has 7 nitrogen and oxygen atoms in total. The van der Waals surface area contributed by atoms with E-state index in [1.807, 2.05) is 63.2 Å². The Balaban J connectivity index is 1.97. The smallest absolute Gasteiger partial charge is 0.264 e. The first-order valence-corrected chi connectivity index (χ1v) is 14.5. The third kappa shape index (κ3) is 7.44. The second kappa shape index (κ2) is 13.8. The molecule has 2 amide bonds. The summed E-state index contributed by atoms with van der Waals surface area (Å²) in [5.74, 6) is -0.664. The molecule has 3 aromatic carbocycles. The molecule has 0 saturated heterocycles. The minimum Gasteiger partial charge on any atom is -0.354 e. The Morgan fingerprint density at radius 1 is 0.868 bits per heavy atom. The van der Waals surface area contributed by atoms with Crippen LogP contribution in [-0.2, 0) is 26.0 Å². The van der Waals surface area contributed by atoms with Crippen molar-refractivity contribution in [1.29, 1.82) is 0 Å². The molecule has 0 saturated carbocycles. The van der Waals surface area contributed by atoms with E-state index >= 15 is 0 Å². The zero-order valence-electron chi connectivity index (χ0n) is 22.3. The number of sulfonamides is 1. The normalized spacial score (nSPS) is 12.0. The van der Waals surface area contributed by atoms with E-state index in [0.29, 0.717) is 25.1 Å². The molecular formula is C30H37N3O4S. The van der Waals surface area contributed by atoms with Crippen molar-refractivity contribution < 1.29 is 18.0 Å². The SMILES string of the molecule is CCCNC(=O)C(CC)N(CCc1ccccc1)C(=O)CN(c1ccc(C)cc1)S(=O)(=O)c1ccccc1. The molecule has 3 rings (SSSR count). The molecule has 1 N–H and O–H groups in total. The molecule has 202 valence electrons. The van der Waals surface area contributed by atoms with Crippen LogP contribution in [0.3, 0.4) is 0 Å². The Morgan fingerprint density at radius 3 is 2.05 bits per heavy atom. The summed E-state index contributed by atoms with van der Waals surface area (Å²) in [4.78, 5) is 28.6. The molecule has 0 aliphatic rings. The summed E-state index contributed by atoms with van der Waals surface area (Å²) in [5, 5.41) is 2.90. The highest BCUT2D eigenvalue weighted by Crippen LogP contribution is 2.25. The summed E-state index contributed by atoms with van der Waals surface area (Å²) in [6, 6.07) is 24.1. The largest absolute Gasteiger partial charge is 0.354 e. The maximum Gasteiger partial charge on any atom is 0.264 e. The third-order valence-electron chi connectivity index (χ3n) is 6.35. The maximum absolute atomic E-state index is 13.9. The van der Waals surface area contributed by atoms with E-state index in [1.54, 1.807) is 30.3 Å². The quantitative estimate of drug-likeness (QED) is 0.348. The van der Waals surface area contributed by atoms with Crippen molar-refractivity contribution in [3.8, 4) is 0 Å². The summed E-state index contributed by atoms with van der Waals surface area (Å²) in [5.41, 5.74) is 2.39. The summed E-state index contributed by atoms with van der Waals surface area (Å²) >= 11 is 0. The Labute approximate surface area is 226 Å². The number of rotatable bonds is 13. The molecule has 0 heterocycles. The van der Waals surface area contributed by atoms with Gasteiger partial charge in [-0.15, -0.1) is 0 Å². The second-order valence-corrected chi connectivity index (χ2v) is 11.1. The topological polar surface area (TPSA) is 86.8 Å². The summed E-state index contributed by atoms with van der Waals surface area (Å²) in [6.07, 6.45) is 1.73. The molecule has 0 aromatic heterocycles. The first-order valence-electron chi connectivity index (χ1n) is 13.0. The van der Waals surface area contributed by atoms with Crippen LogP contribution in [0.2, 0.25) is 0 Å². The van der Waals surface area contributed by atoms with Gasteiger partial charge in [0.05, 0.1) is 10.6 Å². The molecule has 1 unspecified atom stereocenters. The summed E-state index contributed by atoms with van der Waals surface area (Å²) in [6.45, 7) is 6.11. The van der Waals surface area contributed by atoms with Crippen LogP contribution < -0.4 is 9.62 Å². The van der Waals surface area contributed by atoms with E-state index in [2.05, 4.69) is 5.32 Å². The highest BCUT2D eigenvalue weighted by molar-refractivity contribution is 7.92. The molecule has 0 aliphatic carbocycles. The van der Waals surface area contributed by atoms with Crippen molar-refractivity contribution in [3.05, 3.63) is 96.1 Å². The van der Waals surface area contributed by atoms with E-state index in [4.69, 9.17) is 0 Å².